The minimum absolute atomic E-state index is 0.0642. The maximum atomic E-state index is 12.1. The van der Waals surface area contributed by atoms with Gasteiger partial charge in [-0.2, -0.15) is 0 Å². The minimum atomic E-state index is -3.69. The molecule has 0 aliphatic heterocycles. The van der Waals surface area contributed by atoms with Crippen LogP contribution in [0.3, 0.4) is 0 Å². The molecule has 0 spiro atoms. The van der Waals surface area contributed by atoms with E-state index < -0.39 is 10.0 Å². The Hall–Kier alpha value is -2.19. The van der Waals surface area contributed by atoms with Gasteiger partial charge in [0, 0.05) is 24.2 Å². The summed E-state index contributed by atoms with van der Waals surface area (Å²) in [6, 6.07) is 7.68. The molecule has 1 heterocycles. The van der Waals surface area contributed by atoms with Crippen LogP contribution in [0, 0.1) is 13.8 Å². The number of nitrogen functional groups attached to an aromatic ring is 1. The number of aromatic nitrogens is 2. The molecule has 0 bridgehead atoms. The van der Waals surface area contributed by atoms with Crippen molar-refractivity contribution in [1.82, 2.24) is 9.97 Å². The third-order valence-electron chi connectivity index (χ3n) is 2.40. The normalized spacial score (nSPS) is 10.5. The molecule has 0 unspecified atom stereocenters. The molecule has 1 aromatic heterocycles. The van der Waals surface area contributed by atoms with Gasteiger partial charge >= 0.3 is 0 Å². The first kappa shape index (κ1) is 16.9. The fourth-order valence-corrected chi connectivity index (χ4v) is 2.54. The lowest BCUT2D eigenvalue weighted by Crippen LogP contribution is -2.15. The van der Waals surface area contributed by atoms with Crippen molar-refractivity contribution in [3.8, 4) is 0 Å². The Morgan fingerprint density at radius 2 is 1.52 bits per heavy atom. The molecule has 2 aromatic rings. The Labute approximate surface area is 123 Å². The van der Waals surface area contributed by atoms with Gasteiger partial charge in [0.25, 0.3) is 10.0 Å². The molecule has 1 aromatic carbocycles. The van der Waals surface area contributed by atoms with Crippen LogP contribution >= 0.6 is 0 Å². The molecule has 0 saturated carbocycles. The summed E-state index contributed by atoms with van der Waals surface area (Å²) in [4.78, 5) is 8.19. The largest absolute Gasteiger partial charge is 0.400 e. The van der Waals surface area contributed by atoms with E-state index in [-0.39, 0.29) is 10.8 Å². The molecule has 0 aliphatic rings. The second kappa shape index (κ2) is 7.00. The Morgan fingerprint density at radius 3 is 2.00 bits per heavy atom. The van der Waals surface area contributed by atoms with Gasteiger partial charge in [0.05, 0.1) is 4.90 Å². The third-order valence-corrected chi connectivity index (χ3v) is 3.74. The number of nitrogens with two attached hydrogens (primary N) is 1. The zero-order valence-electron chi connectivity index (χ0n) is 12.0. The van der Waals surface area contributed by atoms with Crippen LogP contribution in [0.4, 0.5) is 11.6 Å². The average Bonchev–Trinajstić information content (AvgIpc) is 2.39. The number of nitrogens with zero attached hydrogens (tertiary/aromatic N) is 2. The van der Waals surface area contributed by atoms with Crippen molar-refractivity contribution in [2.75, 3.05) is 17.6 Å². The number of hydrogen-bond acceptors (Lipinski definition) is 6. The first-order valence-corrected chi connectivity index (χ1v) is 7.50. The SMILES string of the molecule is CO.Cc1cc(C)nc(NS(=O)(=O)c2ccc(N)cc2)n1. The number of sulfonamides is 1. The highest BCUT2D eigenvalue weighted by Crippen LogP contribution is 2.15. The van der Waals surface area contributed by atoms with Crippen LogP contribution in [0.15, 0.2) is 35.2 Å². The maximum Gasteiger partial charge on any atom is 0.264 e. The monoisotopic (exact) mass is 310 g/mol. The van der Waals surface area contributed by atoms with Gasteiger partial charge in [0.1, 0.15) is 0 Å². The number of aliphatic hydroxyl groups excluding tert-OH is 1. The average molecular weight is 310 g/mol. The third kappa shape index (κ3) is 4.69. The molecule has 0 atom stereocenters. The highest BCUT2D eigenvalue weighted by Gasteiger charge is 2.15. The predicted molar refractivity (Wildman–Crippen MR) is 81.3 cm³/mol. The number of aryl methyl sites for hydroxylation is 2. The van der Waals surface area contributed by atoms with Crippen molar-refractivity contribution in [1.29, 1.82) is 0 Å². The fraction of sp³-hybridized carbons (Fsp3) is 0.231. The minimum Gasteiger partial charge on any atom is -0.400 e. The van der Waals surface area contributed by atoms with Crippen molar-refractivity contribution < 1.29 is 13.5 Å². The zero-order chi connectivity index (χ0) is 16.0. The van der Waals surface area contributed by atoms with Gasteiger partial charge in [0.15, 0.2) is 0 Å². The summed E-state index contributed by atoms with van der Waals surface area (Å²) in [5, 5.41) is 7.00. The van der Waals surface area contributed by atoms with E-state index >= 15 is 0 Å². The molecule has 114 valence electrons. The van der Waals surface area contributed by atoms with E-state index in [0.717, 1.165) is 7.11 Å². The molecule has 0 aliphatic carbocycles. The molecule has 4 N–H and O–H groups in total. The summed E-state index contributed by atoms with van der Waals surface area (Å²) in [7, 11) is -2.69. The Kier molecular flexibility index (Phi) is 5.62. The van der Waals surface area contributed by atoms with E-state index in [2.05, 4.69) is 14.7 Å². The molecule has 0 radical (unpaired) electrons. The first-order valence-electron chi connectivity index (χ1n) is 6.02. The predicted octanol–water partition coefficient (Wildman–Crippen LogP) is 1.08. The summed E-state index contributed by atoms with van der Waals surface area (Å²) >= 11 is 0. The lowest BCUT2D eigenvalue weighted by atomic mass is 10.3. The lowest BCUT2D eigenvalue weighted by molar-refractivity contribution is 0.399. The van der Waals surface area contributed by atoms with Gasteiger partial charge in [-0.25, -0.2) is 23.1 Å². The van der Waals surface area contributed by atoms with E-state index in [9.17, 15) is 8.42 Å². The number of hydrogen-bond donors (Lipinski definition) is 3. The Morgan fingerprint density at radius 1 is 1.05 bits per heavy atom. The molecule has 0 saturated heterocycles. The second-order valence-corrected chi connectivity index (χ2v) is 5.83. The number of nitrogens with one attached hydrogen (secondary N) is 1. The Balaban J connectivity index is 0.00000106. The van der Waals surface area contributed by atoms with Crippen molar-refractivity contribution >= 4 is 21.7 Å². The smallest absolute Gasteiger partial charge is 0.264 e. The van der Waals surface area contributed by atoms with E-state index in [1.54, 1.807) is 19.9 Å². The molecule has 21 heavy (non-hydrogen) atoms. The van der Waals surface area contributed by atoms with E-state index in [1.807, 2.05) is 0 Å². The van der Waals surface area contributed by atoms with Crippen molar-refractivity contribution in [2.24, 2.45) is 0 Å². The number of benzene rings is 1. The van der Waals surface area contributed by atoms with E-state index in [1.165, 1.54) is 24.3 Å². The molecule has 8 heteroatoms. The molecule has 0 amide bonds. The summed E-state index contributed by atoms with van der Waals surface area (Å²) in [6.45, 7) is 3.55. The van der Waals surface area contributed by atoms with Gasteiger partial charge in [-0.15, -0.1) is 0 Å². The summed E-state index contributed by atoms with van der Waals surface area (Å²) in [6.07, 6.45) is 0. The van der Waals surface area contributed by atoms with Crippen LogP contribution in [0.5, 0.6) is 0 Å². The van der Waals surface area contributed by atoms with Crippen LogP contribution < -0.4 is 10.5 Å². The van der Waals surface area contributed by atoms with Crippen LogP contribution in [0.2, 0.25) is 0 Å². The lowest BCUT2D eigenvalue weighted by Gasteiger charge is -2.08. The number of aliphatic hydroxyl groups is 1. The first-order chi connectivity index (χ1) is 9.87. The van der Waals surface area contributed by atoms with Crippen molar-refractivity contribution in [3.63, 3.8) is 0 Å². The number of rotatable bonds is 3. The Bertz CT molecular complexity index is 680. The molecular weight excluding hydrogens is 292 g/mol. The topological polar surface area (TPSA) is 118 Å². The van der Waals surface area contributed by atoms with Gasteiger partial charge in [-0.05, 0) is 44.2 Å². The second-order valence-electron chi connectivity index (χ2n) is 4.15. The maximum absolute atomic E-state index is 12.1. The molecular formula is C13H18N4O3S. The summed E-state index contributed by atoms with van der Waals surface area (Å²) in [5.74, 6) is 0.0642. The van der Waals surface area contributed by atoms with Gasteiger partial charge in [-0.1, -0.05) is 0 Å². The zero-order valence-corrected chi connectivity index (χ0v) is 12.8. The highest BCUT2D eigenvalue weighted by molar-refractivity contribution is 7.92. The van der Waals surface area contributed by atoms with Crippen LogP contribution in [-0.4, -0.2) is 30.6 Å². The molecule has 0 fully saturated rings. The summed E-state index contributed by atoms with van der Waals surface area (Å²) < 4.78 is 26.6. The highest BCUT2D eigenvalue weighted by atomic mass is 32.2. The quantitative estimate of drug-likeness (QED) is 0.730. The van der Waals surface area contributed by atoms with Crippen LogP contribution in [0.1, 0.15) is 11.4 Å². The van der Waals surface area contributed by atoms with E-state index in [4.69, 9.17) is 10.8 Å². The van der Waals surface area contributed by atoms with Crippen LogP contribution in [-0.2, 0) is 10.0 Å². The standard InChI is InChI=1S/C12H14N4O2S.CH4O/c1-8-7-9(2)15-12(14-8)16-19(17,18)11-5-3-10(13)4-6-11;1-2/h3-7H,13H2,1-2H3,(H,14,15,16);2H,1H3. The number of anilines is 2. The summed E-state index contributed by atoms with van der Waals surface area (Å²) in [5.41, 5.74) is 7.42. The molecule has 2 rings (SSSR count). The van der Waals surface area contributed by atoms with Crippen LogP contribution in [0.25, 0.3) is 0 Å². The van der Waals surface area contributed by atoms with Gasteiger partial charge in [0.2, 0.25) is 5.95 Å². The molecule has 7 nitrogen and oxygen atoms in total. The van der Waals surface area contributed by atoms with Gasteiger partial charge < -0.3 is 10.8 Å². The van der Waals surface area contributed by atoms with E-state index in [0.29, 0.717) is 17.1 Å². The fourth-order valence-electron chi connectivity index (χ4n) is 1.60. The van der Waals surface area contributed by atoms with Crippen molar-refractivity contribution in [3.05, 3.63) is 41.7 Å². The van der Waals surface area contributed by atoms with Crippen molar-refractivity contribution in [2.45, 2.75) is 18.7 Å². The van der Waals surface area contributed by atoms with Gasteiger partial charge in [-0.3, -0.25) is 0 Å².